The van der Waals surface area contributed by atoms with E-state index in [4.69, 9.17) is 18.9 Å². The molecule has 2 atom stereocenters. The van der Waals surface area contributed by atoms with Crippen LogP contribution >= 0.6 is 0 Å². The summed E-state index contributed by atoms with van der Waals surface area (Å²) in [6, 6.07) is 15.7. The molecular weight excluding hydrogens is 450 g/mol. The number of benzene rings is 3. The Kier molecular flexibility index (Phi) is 7.44. The van der Waals surface area contributed by atoms with Crippen LogP contribution in [0.5, 0.6) is 23.0 Å². The highest BCUT2D eigenvalue weighted by atomic mass is 32.2. The topological polar surface area (TPSA) is 66.0 Å². The predicted molar refractivity (Wildman–Crippen MR) is 133 cm³/mol. The molecule has 180 valence electrons. The van der Waals surface area contributed by atoms with Crippen molar-refractivity contribution in [2.45, 2.75) is 35.6 Å². The maximum absolute atomic E-state index is 13.8. The van der Waals surface area contributed by atoms with E-state index in [2.05, 4.69) is 11.4 Å². The Morgan fingerprint density at radius 3 is 2.21 bits per heavy atom. The van der Waals surface area contributed by atoms with Gasteiger partial charge in [0.25, 0.3) is 0 Å². The van der Waals surface area contributed by atoms with Crippen LogP contribution in [0.25, 0.3) is 0 Å². The molecule has 0 radical (unpaired) electrons. The van der Waals surface area contributed by atoms with Gasteiger partial charge in [0.1, 0.15) is 0 Å². The van der Waals surface area contributed by atoms with Crippen molar-refractivity contribution < 1.29 is 23.2 Å². The molecule has 0 aromatic heterocycles. The monoisotopic (exact) mass is 481 g/mol. The second-order valence-corrected chi connectivity index (χ2v) is 9.66. The fraction of sp³-hybridized carbons (Fsp3) is 0.333. The summed E-state index contributed by atoms with van der Waals surface area (Å²) in [5.74, 6) is 2.49. The van der Waals surface area contributed by atoms with Crippen LogP contribution < -0.4 is 24.3 Å². The third-order valence-corrected chi connectivity index (χ3v) is 7.75. The lowest BCUT2D eigenvalue weighted by molar-refractivity contribution is 0.345. The summed E-state index contributed by atoms with van der Waals surface area (Å²) >= 11 is 0. The molecule has 0 aliphatic carbocycles. The van der Waals surface area contributed by atoms with Crippen LogP contribution in [0.1, 0.15) is 28.3 Å². The van der Waals surface area contributed by atoms with E-state index < -0.39 is 10.8 Å². The number of rotatable bonds is 8. The zero-order chi connectivity index (χ0) is 24.2. The summed E-state index contributed by atoms with van der Waals surface area (Å²) in [6.45, 7) is 2.86. The van der Waals surface area contributed by atoms with Gasteiger partial charge in [-0.25, -0.2) is 4.21 Å². The fourth-order valence-corrected chi connectivity index (χ4v) is 5.81. The minimum atomic E-state index is -1.44. The van der Waals surface area contributed by atoms with Gasteiger partial charge in [-0.05, 0) is 73.3 Å². The summed E-state index contributed by atoms with van der Waals surface area (Å²) in [7, 11) is 5.03. The number of fused-ring (bicyclic) bond motifs is 1. The van der Waals surface area contributed by atoms with Gasteiger partial charge >= 0.3 is 0 Å². The molecule has 7 heteroatoms. The van der Waals surface area contributed by atoms with Gasteiger partial charge in [0.15, 0.2) is 23.0 Å². The summed E-state index contributed by atoms with van der Waals surface area (Å²) < 4.78 is 36.1. The van der Waals surface area contributed by atoms with Gasteiger partial charge < -0.3 is 24.3 Å². The second kappa shape index (κ2) is 10.5. The first-order valence-electron chi connectivity index (χ1n) is 11.2. The predicted octanol–water partition coefficient (Wildman–Crippen LogP) is 4.63. The van der Waals surface area contributed by atoms with Gasteiger partial charge in [0.05, 0.1) is 44.1 Å². The van der Waals surface area contributed by atoms with Crippen LogP contribution in [-0.2, 0) is 23.6 Å². The highest BCUT2D eigenvalue weighted by Gasteiger charge is 2.27. The summed E-state index contributed by atoms with van der Waals surface area (Å²) in [6.07, 6.45) is 1.54. The van der Waals surface area contributed by atoms with Crippen molar-refractivity contribution in [3.05, 3.63) is 70.8 Å². The van der Waals surface area contributed by atoms with Crippen LogP contribution in [-0.4, -0.2) is 39.2 Å². The molecule has 0 saturated heterocycles. The first-order chi connectivity index (χ1) is 16.5. The first-order valence-corrected chi connectivity index (χ1v) is 12.4. The molecule has 34 heavy (non-hydrogen) atoms. The highest BCUT2D eigenvalue weighted by Crippen LogP contribution is 2.41. The third kappa shape index (κ3) is 4.63. The first kappa shape index (κ1) is 24.1. The Morgan fingerprint density at radius 1 is 0.882 bits per heavy atom. The number of hydrogen-bond donors (Lipinski definition) is 1. The lowest BCUT2D eigenvalue weighted by Gasteiger charge is -2.29. The summed E-state index contributed by atoms with van der Waals surface area (Å²) in [4.78, 5) is 1.36. The lowest BCUT2D eigenvalue weighted by Crippen LogP contribution is -2.31. The van der Waals surface area contributed by atoms with Crippen molar-refractivity contribution in [1.82, 2.24) is 5.32 Å². The SMILES string of the molecule is COc1cc2c(cc1OC)[C@H](Cc1ccc(OC)c(OC)c1[S@@](=O)c1ccc(C)cc1)NCC2. The number of hydrogen-bond acceptors (Lipinski definition) is 6. The molecule has 0 bridgehead atoms. The maximum Gasteiger partial charge on any atom is 0.177 e. The molecule has 0 amide bonds. The van der Waals surface area contributed by atoms with E-state index in [1.54, 1.807) is 28.4 Å². The minimum Gasteiger partial charge on any atom is -0.493 e. The zero-order valence-corrected chi connectivity index (χ0v) is 21.1. The Bertz CT molecular complexity index is 1190. The number of aryl methyl sites for hydroxylation is 1. The van der Waals surface area contributed by atoms with Crippen LogP contribution in [0.15, 0.2) is 58.3 Å². The van der Waals surface area contributed by atoms with E-state index in [1.807, 2.05) is 49.4 Å². The largest absolute Gasteiger partial charge is 0.493 e. The summed E-state index contributed by atoms with van der Waals surface area (Å²) in [5, 5.41) is 3.62. The van der Waals surface area contributed by atoms with Crippen LogP contribution in [0.3, 0.4) is 0 Å². The zero-order valence-electron chi connectivity index (χ0n) is 20.3. The molecule has 1 aliphatic heterocycles. The lowest BCUT2D eigenvalue weighted by atomic mass is 9.89. The standard InChI is InChI=1S/C27H31NO5S/c1-17-6-9-20(10-7-17)34(29)27-19(8-11-23(30-2)26(27)33-5)14-22-21-16-25(32-4)24(31-3)15-18(21)12-13-28-22/h6-11,15-16,22,28H,12-14H2,1-5H3/t22-,34-/m0/s1. The van der Waals surface area contributed by atoms with Crippen LogP contribution in [0.2, 0.25) is 0 Å². The smallest absolute Gasteiger partial charge is 0.177 e. The molecule has 1 N–H and O–H groups in total. The third-order valence-electron chi connectivity index (χ3n) is 6.23. The van der Waals surface area contributed by atoms with Gasteiger partial charge in [-0.2, -0.15) is 0 Å². The molecule has 0 saturated carbocycles. The molecule has 1 heterocycles. The van der Waals surface area contributed by atoms with E-state index in [0.29, 0.717) is 28.6 Å². The molecule has 0 fully saturated rings. The fourth-order valence-electron chi connectivity index (χ4n) is 4.45. The molecule has 4 rings (SSSR count). The Balaban J connectivity index is 1.79. The van der Waals surface area contributed by atoms with E-state index in [-0.39, 0.29) is 6.04 Å². The molecule has 3 aromatic carbocycles. The molecule has 1 aliphatic rings. The average molecular weight is 482 g/mol. The average Bonchev–Trinajstić information content (AvgIpc) is 2.87. The van der Waals surface area contributed by atoms with E-state index >= 15 is 0 Å². The molecule has 0 spiro atoms. The van der Waals surface area contributed by atoms with E-state index in [0.717, 1.165) is 40.3 Å². The normalized spacial score (nSPS) is 15.9. The Labute approximate surface area is 203 Å². The second-order valence-electron chi connectivity index (χ2n) is 8.24. The van der Waals surface area contributed by atoms with Crippen LogP contribution in [0, 0.1) is 6.92 Å². The Morgan fingerprint density at radius 2 is 1.56 bits per heavy atom. The van der Waals surface area contributed by atoms with E-state index in [1.165, 1.54) is 5.56 Å². The van der Waals surface area contributed by atoms with E-state index in [9.17, 15) is 4.21 Å². The molecular formula is C27H31NO5S. The molecule has 0 unspecified atom stereocenters. The van der Waals surface area contributed by atoms with Crippen molar-refractivity contribution in [3.8, 4) is 23.0 Å². The van der Waals surface area contributed by atoms with Gasteiger partial charge in [0, 0.05) is 10.9 Å². The van der Waals surface area contributed by atoms with Crippen LogP contribution in [0.4, 0.5) is 0 Å². The highest BCUT2D eigenvalue weighted by molar-refractivity contribution is 7.85. The van der Waals surface area contributed by atoms with Crippen molar-refractivity contribution in [1.29, 1.82) is 0 Å². The molecule has 3 aromatic rings. The number of methoxy groups -OCH3 is 4. The van der Waals surface area contributed by atoms with Gasteiger partial charge in [-0.1, -0.05) is 23.8 Å². The van der Waals surface area contributed by atoms with Crippen molar-refractivity contribution in [3.63, 3.8) is 0 Å². The van der Waals surface area contributed by atoms with Crippen molar-refractivity contribution in [2.75, 3.05) is 35.0 Å². The summed E-state index contributed by atoms with van der Waals surface area (Å²) in [5.41, 5.74) is 4.44. The van der Waals surface area contributed by atoms with Crippen molar-refractivity contribution in [2.24, 2.45) is 0 Å². The van der Waals surface area contributed by atoms with Gasteiger partial charge in [-0.3, -0.25) is 0 Å². The van der Waals surface area contributed by atoms with Gasteiger partial charge in [-0.15, -0.1) is 0 Å². The number of nitrogens with one attached hydrogen (secondary N) is 1. The minimum absolute atomic E-state index is 0.0235. The Hall–Kier alpha value is -3.03. The number of ether oxygens (including phenoxy) is 4. The maximum atomic E-state index is 13.8. The molecule has 6 nitrogen and oxygen atoms in total. The van der Waals surface area contributed by atoms with Crippen molar-refractivity contribution >= 4 is 10.8 Å². The van der Waals surface area contributed by atoms with Gasteiger partial charge in [0.2, 0.25) is 0 Å². The quantitative estimate of drug-likeness (QED) is 0.506.